The highest BCUT2D eigenvalue weighted by molar-refractivity contribution is 7.99. The first-order valence-corrected chi connectivity index (χ1v) is 11.4. The van der Waals surface area contributed by atoms with Crippen molar-refractivity contribution in [3.05, 3.63) is 63.2 Å². The molecule has 3 rings (SSSR count). The molecular formula is C23H25ClFN3O3S. The first-order chi connectivity index (χ1) is 15.2. The van der Waals surface area contributed by atoms with Crippen LogP contribution in [-0.4, -0.2) is 40.3 Å². The molecule has 1 amide bonds. The minimum atomic E-state index is -0.474. The maximum atomic E-state index is 13.9. The van der Waals surface area contributed by atoms with Crippen LogP contribution in [0.4, 0.5) is 4.39 Å². The monoisotopic (exact) mass is 477 g/mol. The number of carbonyl (C=O) groups is 1. The highest BCUT2D eigenvalue weighted by Gasteiger charge is 2.17. The highest BCUT2D eigenvalue weighted by Crippen LogP contribution is 2.22. The minimum absolute atomic E-state index is 0.0960. The van der Waals surface area contributed by atoms with E-state index in [0.717, 1.165) is 0 Å². The van der Waals surface area contributed by atoms with E-state index in [4.69, 9.17) is 16.3 Å². The zero-order chi connectivity index (χ0) is 23.4. The van der Waals surface area contributed by atoms with Gasteiger partial charge in [-0.3, -0.25) is 14.2 Å². The van der Waals surface area contributed by atoms with Crippen LogP contribution in [-0.2, 0) is 17.9 Å². The number of hydrogen-bond donors (Lipinski definition) is 0. The Labute approximate surface area is 195 Å². The Hall–Kier alpha value is -2.58. The van der Waals surface area contributed by atoms with Gasteiger partial charge in [0.2, 0.25) is 5.91 Å². The Morgan fingerprint density at radius 1 is 1.28 bits per heavy atom. The molecule has 1 aromatic heterocycles. The Balaban J connectivity index is 1.78. The number of halogens is 2. The molecule has 0 saturated carbocycles. The van der Waals surface area contributed by atoms with Gasteiger partial charge in [0.05, 0.1) is 23.8 Å². The van der Waals surface area contributed by atoms with Gasteiger partial charge in [-0.15, -0.1) is 0 Å². The van der Waals surface area contributed by atoms with Crippen LogP contribution in [0.3, 0.4) is 0 Å². The summed E-state index contributed by atoms with van der Waals surface area (Å²) in [4.78, 5) is 31.9. The van der Waals surface area contributed by atoms with Gasteiger partial charge in [-0.05, 0) is 41.8 Å². The molecule has 0 atom stereocenters. The van der Waals surface area contributed by atoms with Crippen molar-refractivity contribution in [2.45, 2.75) is 32.1 Å². The average Bonchev–Trinajstić information content (AvgIpc) is 2.74. The van der Waals surface area contributed by atoms with Gasteiger partial charge in [0.15, 0.2) is 16.7 Å². The van der Waals surface area contributed by atoms with E-state index in [1.807, 2.05) is 13.8 Å². The molecule has 0 radical (unpaired) electrons. The molecule has 6 nitrogen and oxygen atoms in total. The molecule has 0 fully saturated rings. The van der Waals surface area contributed by atoms with Crippen LogP contribution in [0, 0.1) is 11.7 Å². The summed E-state index contributed by atoms with van der Waals surface area (Å²) in [5.74, 6) is -0.163. The van der Waals surface area contributed by atoms with E-state index in [9.17, 15) is 14.0 Å². The molecule has 9 heteroatoms. The average molecular weight is 478 g/mol. The second kappa shape index (κ2) is 10.4. The number of amides is 1. The van der Waals surface area contributed by atoms with Crippen LogP contribution in [0.25, 0.3) is 10.9 Å². The van der Waals surface area contributed by atoms with Gasteiger partial charge in [-0.2, -0.15) is 0 Å². The normalized spacial score (nSPS) is 11.2. The number of rotatable bonds is 8. The van der Waals surface area contributed by atoms with Crippen LogP contribution < -0.4 is 10.3 Å². The molecule has 3 aromatic rings. The number of benzene rings is 2. The first-order valence-electron chi connectivity index (χ1n) is 10.1. The summed E-state index contributed by atoms with van der Waals surface area (Å²) < 4.78 is 20.5. The fourth-order valence-corrected chi connectivity index (χ4v) is 4.34. The summed E-state index contributed by atoms with van der Waals surface area (Å²) >= 11 is 7.27. The number of thioether (sulfide) groups is 1. The molecule has 2 aromatic carbocycles. The van der Waals surface area contributed by atoms with E-state index < -0.39 is 5.82 Å². The molecule has 0 N–H and O–H groups in total. The van der Waals surface area contributed by atoms with Crippen LogP contribution >= 0.6 is 23.4 Å². The Morgan fingerprint density at radius 3 is 2.69 bits per heavy atom. The molecule has 0 unspecified atom stereocenters. The molecule has 0 aliphatic rings. The number of ether oxygens (including phenoxy) is 1. The van der Waals surface area contributed by atoms with Crippen molar-refractivity contribution in [2.24, 2.45) is 5.92 Å². The third-order valence-electron chi connectivity index (χ3n) is 4.82. The van der Waals surface area contributed by atoms with Gasteiger partial charge in [-0.25, -0.2) is 9.37 Å². The number of carbonyl (C=O) groups excluding carboxylic acids is 1. The third kappa shape index (κ3) is 5.61. The quantitative estimate of drug-likeness (QED) is 0.350. The number of hydrogen-bond acceptors (Lipinski definition) is 5. The predicted molar refractivity (Wildman–Crippen MR) is 126 cm³/mol. The van der Waals surface area contributed by atoms with Crippen LogP contribution in [0.2, 0.25) is 5.02 Å². The van der Waals surface area contributed by atoms with Gasteiger partial charge < -0.3 is 9.64 Å². The van der Waals surface area contributed by atoms with Crippen molar-refractivity contribution in [1.82, 2.24) is 14.5 Å². The van der Waals surface area contributed by atoms with Crippen LogP contribution in [0.15, 0.2) is 46.3 Å². The summed E-state index contributed by atoms with van der Waals surface area (Å²) in [7, 11) is 3.06. The summed E-state index contributed by atoms with van der Waals surface area (Å²) in [6.07, 6.45) is 0. The summed E-state index contributed by atoms with van der Waals surface area (Å²) in [5.41, 5.74) is 1.02. The maximum absolute atomic E-state index is 13.9. The van der Waals surface area contributed by atoms with E-state index in [1.165, 1.54) is 35.9 Å². The van der Waals surface area contributed by atoms with Crippen molar-refractivity contribution in [1.29, 1.82) is 0 Å². The van der Waals surface area contributed by atoms with Crippen molar-refractivity contribution in [3.63, 3.8) is 0 Å². The molecule has 0 aliphatic carbocycles. The van der Waals surface area contributed by atoms with Crippen molar-refractivity contribution in [2.75, 3.05) is 19.9 Å². The summed E-state index contributed by atoms with van der Waals surface area (Å²) in [5, 5.41) is 1.41. The minimum Gasteiger partial charge on any atom is -0.494 e. The lowest BCUT2D eigenvalue weighted by Gasteiger charge is -2.19. The molecule has 0 aliphatic heterocycles. The third-order valence-corrected chi connectivity index (χ3v) is 6.01. The SMILES string of the molecule is COc1ccc(CN(C)C(=O)CSc2nc3ccc(Cl)cc3c(=O)n2CC(C)C)cc1F. The fourth-order valence-electron chi connectivity index (χ4n) is 3.22. The van der Waals surface area contributed by atoms with Gasteiger partial charge in [0.25, 0.3) is 5.56 Å². The molecule has 0 bridgehead atoms. The number of methoxy groups -OCH3 is 1. The van der Waals surface area contributed by atoms with Crippen molar-refractivity contribution < 1.29 is 13.9 Å². The van der Waals surface area contributed by atoms with Gasteiger partial charge >= 0.3 is 0 Å². The van der Waals surface area contributed by atoms with E-state index >= 15 is 0 Å². The lowest BCUT2D eigenvalue weighted by Crippen LogP contribution is -2.29. The predicted octanol–water partition coefficient (Wildman–Crippen LogP) is 4.60. The van der Waals surface area contributed by atoms with E-state index in [2.05, 4.69) is 4.98 Å². The topological polar surface area (TPSA) is 64.4 Å². The lowest BCUT2D eigenvalue weighted by molar-refractivity contribution is -0.127. The first kappa shape index (κ1) is 24.1. The summed E-state index contributed by atoms with van der Waals surface area (Å²) in [6, 6.07) is 9.61. The fraction of sp³-hybridized carbons (Fsp3) is 0.348. The van der Waals surface area contributed by atoms with E-state index in [1.54, 1.807) is 35.9 Å². The van der Waals surface area contributed by atoms with Crippen LogP contribution in [0.1, 0.15) is 19.4 Å². The second-order valence-corrected chi connectivity index (χ2v) is 9.25. The molecular weight excluding hydrogens is 453 g/mol. The molecule has 0 saturated heterocycles. The molecule has 1 heterocycles. The zero-order valence-electron chi connectivity index (χ0n) is 18.4. The van der Waals surface area contributed by atoms with Gasteiger partial charge in [0, 0.05) is 25.2 Å². The van der Waals surface area contributed by atoms with Crippen molar-refractivity contribution >= 4 is 40.2 Å². The van der Waals surface area contributed by atoms with E-state index in [0.29, 0.717) is 33.2 Å². The number of fused-ring (bicyclic) bond motifs is 1. The van der Waals surface area contributed by atoms with Crippen LogP contribution in [0.5, 0.6) is 5.75 Å². The second-order valence-electron chi connectivity index (χ2n) is 7.87. The molecule has 0 spiro atoms. The highest BCUT2D eigenvalue weighted by atomic mass is 35.5. The maximum Gasteiger partial charge on any atom is 0.262 e. The zero-order valence-corrected chi connectivity index (χ0v) is 20.0. The lowest BCUT2D eigenvalue weighted by atomic mass is 10.2. The summed E-state index contributed by atoms with van der Waals surface area (Å²) in [6.45, 7) is 4.75. The molecule has 32 heavy (non-hydrogen) atoms. The van der Waals surface area contributed by atoms with Gasteiger partial charge in [0.1, 0.15) is 0 Å². The Kier molecular flexibility index (Phi) is 7.79. The van der Waals surface area contributed by atoms with Crippen molar-refractivity contribution in [3.8, 4) is 5.75 Å². The standard InChI is InChI=1S/C23H25ClFN3O3S/c1-14(2)11-28-22(30)17-10-16(24)6-7-19(17)26-23(28)32-13-21(29)27(3)12-15-5-8-20(31-4)18(25)9-15/h5-10,14H,11-13H2,1-4H3. The largest absolute Gasteiger partial charge is 0.494 e. The number of nitrogens with zero attached hydrogens (tertiary/aromatic N) is 3. The van der Waals surface area contributed by atoms with E-state index in [-0.39, 0.29) is 35.4 Å². The Bertz CT molecular complexity index is 1200. The number of aromatic nitrogens is 2. The smallest absolute Gasteiger partial charge is 0.262 e. The van der Waals surface area contributed by atoms with Gasteiger partial charge in [-0.1, -0.05) is 43.3 Å². The molecule has 170 valence electrons. The Morgan fingerprint density at radius 2 is 2.03 bits per heavy atom.